The molecule has 27 heavy (non-hydrogen) atoms. The highest BCUT2D eigenvalue weighted by atomic mass is 32.2. The molecule has 0 saturated carbocycles. The number of aromatic nitrogens is 3. The number of amides is 2. The zero-order valence-electron chi connectivity index (χ0n) is 15.0. The van der Waals surface area contributed by atoms with Gasteiger partial charge >= 0.3 is 0 Å². The third-order valence-electron chi connectivity index (χ3n) is 4.65. The maximum absolute atomic E-state index is 12.4. The summed E-state index contributed by atoms with van der Waals surface area (Å²) >= 11 is 1.48. The molecule has 0 N–H and O–H groups in total. The Morgan fingerprint density at radius 3 is 2.11 bits per heavy atom. The number of nitrogens with zero attached hydrogens (tertiary/aromatic N) is 4. The minimum Gasteiger partial charge on any atom is -0.305 e. The molecule has 0 saturated heterocycles. The molecule has 0 unspecified atom stereocenters. The highest BCUT2D eigenvalue weighted by molar-refractivity contribution is 7.99. The average molecular weight is 378 g/mol. The zero-order chi connectivity index (χ0) is 19.0. The summed E-state index contributed by atoms with van der Waals surface area (Å²) in [6.07, 6.45) is 0. The van der Waals surface area contributed by atoms with E-state index in [-0.39, 0.29) is 11.8 Å². The van der Waals surface area contributed by atoms with E-state index in [2.05, 4.69) is 10.2 Å². The predicted octanol–water partition coefficient (Wildman–Crippen LogP) is 3.18. The number of hydrogen-bond acceptors (Lipinski definition) is 5. The minimum atomic E-state index is -0.227. The van der Waals surface area contributed by atoms with Gasteiger partial charge in [-0.25, -0.2) is 0 Å². The van der Waals surface area contributed by atoms with Crippen LogP contribution in [0.5, 0.6) is 0 Å². The molecule has 1 aromatic heterocycles. The molecule has 0 atom stereocenters. The van der Waals surface area contributed by atoms with Crippen LogP contribution in [-0.2, 0) is 7.05 Å². The van der Waals surface area contributed by atoms with Crippen molar-refractivity contribution >= 4 is 23.6 Å². The molecule has 136 valence electrons. The molecule has 2 aromatic carbocycles. The second kappa shape index (κ2) is 7.00. The molecule has 0 spiro atoms. The van der Waals surface area contributed by atoms with Crippen molar-refractivity contribution < 1.29 is 9.59 Å². The van der Waals surface area contributed by atoms with Gasteiger partial charge in [-0.15, -0.1) is 10.2 Å². The van der Waals surface area contributed by atoms with E-state index in [1.165, 1.54) is 16.7 Å². The number of rotatable bonds is 5. The van der Waals surface area contributed by atoms with E-state index in [0.29, 0.717) is 23.4 Å². The fraction of sp³-hybridized carbons (Fsp3) is 0.200. The Morgan fingerprint density at radius 1 is 0.889 bits per heavy atom. The summed E-state index contributed by atoms with van der Waals surface area (Å²) in [5.41, 5.74) is 3.14. The van der Waals surface area contributed by atoms with E-state index in [0.717, 1.165) is 22.1 Å². The molecule has 0 radical (unpaired) electrons. The number of benzene rings is 2. The predicted molar refractivity (Wildman–Crippen MR) is 104 cm³/mol. The summed E-state index contributed by atoms with van der Waals surface area (Å²) in [5.74, 6) is 0.909. The molecule has 4 rings (SSSR count). The summed E-state index contributed by atoms with van der Waals surface area (Å²) in [7, 11) is 1.92. The summed E-state index contributed by atoms with van der Waals surface area (Å²) in [5, 5.41) is 9.32. The first kappa shape index (κ1) is 17.5. The molecule has 0 aliphatic carbocycles. The Balaban J connectivity index is 1.45. The topological polar surface area (TPSA) is 68.1 Å². The molecule has 1 aliphatic heterocycles. The minimum absolute atomic E-state index is 0.227. The van der Waals surface area contributed by atoms with Crippen molar-refractivity contribution in [3.8, 4) is 11.4 Å². The Morgan fingerprint density at radius 2 is 1.48 bits per heavy atom. The van der Waals surface area contributed by atoms with E-state index in [4.69, 9.17) is 0 Å². The van der Waals surface area contributed by atoms with Gasteiger partial charge in [0, 0.05) is 24.9 Å². The standard InChI is InChI=1S/C20H18N4O2S/c1-13-7-3-4-8-14(13)17-21-22-20(23(17)2)27-12-11-24-18(25)15-9-5-6-10-16(15)19(24)26/h3-10H,11-12H2,1-2H3. The van der Waals surface area contributed by atoms with E-state index >= 15 is 0 Å². The quantitative estimate of drug-likeness (QED) is 0.504. The van der Waals surface area contributed by atoms with Crippen LogP contribution < -0.4 is 0 Å². The lowest BCUT2D eigenvalue weighted by Gasteiger charge is -2.13. The van der Waals surface area contributed by atoms with Gasteiger partial charge in [-0.2, -0.15) is 0 Å². The molecule has 2 amide bonds. The zero-order valence-corrected chi connectivity index (χ0v) is 15.9. The first-order valence-corrected chi connectivity index (χ1v) is 9.60. The Kier molecular flexibility index (Phi) is 4.53. The number of carbonyl (C=O) groups is 2. The van der Waals surface area contributed by atoms with Crippen molar-refractivity contribution in [3.05, 3.63) is 65.2 Å². The lowest BCUT2D eigenvalue weighted by Crippen LogP contribution is -2.31. The van der Waals surface area contributed by atoms with Crippen molar-refractivity contribution in [3.63, 3.8) is 0 Å². The fourth-order valence-electron chi connectivity index (χ4n) is 3.17. The van der Waals surface area contributed by atoms with Gasteiger partial charge in [0.2, 0.25) is 0 Å². The monoisotopic (exact) mass is 378 g/mol. The lowest BCUT2D eigenvalue weighted by atomic mass is 10.1. The largest absolute Gasteiger partial charge is 0.305 e. The van der Waals surface area contributed by atoms with Crippen molar-refractivity contribution in [2.45, 2.75) is 12.1 Å². The number of carbonyl (C=O) groups excluding carboxylic acids is 2. The van der Waals surface area contributed by atoms with Crippen molar-refractivity contribution in [1.29, 1.82) is 0 Å². The second-order valence-corrected chi connectivity index (χ2v) is 7.40. The van der Waals surface area contributed by atoms with E-state index in [9.17, 15) is 9.59 Å². The van der Waals surface area contributed by atoms with Gasteiger partial charge in [0.25, 0.3) is 11.8 Å². The van der Waals surface area contributed by atoms with E-state index in [1.54, 1.807) is 24.3 Å². The smallest absolute Gasteiger partial charge is 0.261 e. The van der Waals surface area contributed by atoms with Gasteiger partial charge in [-0.3, -0.25) is 14.5 Å². The van der Waals surface area contributed by atoms with Crippen LogP contribution >= 0.6 is 11.8 Å². The maximum atomic E-state index is 12.4. The summed E-state index contributed by atoms with van der Waals surface area (Å²) < 4.78 is 1.94. The number of thioether (sulfide) groups is 1. The van der Waals surface area contributed by atoms with Crippen LogP contribution in [0.2, 0.25) is 0 Å². The highest BCUT2D eigenvalue weighted by Crippen LogP contribution is 2.26. The van der Waals surface area contributed by atoms with Gasteiger partial charge < -0.3 is 4.57 Å². The Labute approximate surface area is 161 Å². The van der Waals surface area contributed by atoms with Gasteiger partial charge in [0.05, 0.1) is 11.1 Å². The Bertz CT molecular complexity index is 1010. The number of imide groups is 1. The molecule has 2 heterocycles. The molecule has 0 bridgehead atoms. The number of hydrogen-bond donors (Lipinski definition) is 0. The third-order valence-corrected chi connectivity index (χ3v) is 5.65. The van der Waals surface area contributed by atoms with Crippen molar-refractivity contribution in [1.82, 2.24) is 19.7 Å². The molecule has 1 aliphatic rings. The van der Waals surface area contributed by atoms with E-state index < -0.39 is 0 Å². The normalized spacial score (nSPS) is 13.3. The number of fused-ring (bicyclic) bond motifs is 1. The van der Waals surface area contributed by atoms with Crippen molar-refractivity contribution in [2.75, 3.05) is 12.3 Å². The SMILES string of the molecule is Cc1ccccc1-c1nnc(SCCN2C(=O)c3ccccc3C2=O)n1C. The first-order chi connectivity index (χ1) is 13.1. The maximum Gasteiger partial charge on any atom is 0.261 e. The van der Waals surface area contributed by atoms with Gasteiger partial charge in [-0.1, -0.05) is 48.2 Å². The lowest BCUT2D eigenvalue weighted by molar-refractivity contribution is 0.0664. The molecular formula is C20H18N4O2S. The van der Waals surface area contributed by atoms with Crippen LogP contribution in [0, 0.1) is 6.92 Å². The first-order valence-electron chi connectivity index (χ1n) is 8.61. The summed E-state index contributed by atoms with van der Waals surface area (Å²) in [6, 6.07) is 15.0. The fourth-order valence-corrected chi connectivity index (χ4v) is 4.00. The van der Waals surface area contributed by atoms with Crippen LogP contribution in [0.25, 0.3) is 11.4 Å². The van der Waals surface area contributed by atoms with Crippen LogP contribution in [0.3, 0.4) is 0 Å². The average Bonchev–Trinajstić information content (AvgIpc) is 3.15. The van der Waals surface area contributed by atoms with Gasteiger partial charge in [0.15, 0.2) is 11.0 Å². The van der Waals surface area contributed by atoms with Gasteiger partial charge in [0.1, 0.15) is 0 Å². The van der Waals surface area contributed by atoms with Gasteiger partial charge in [-0.05, 0) is 24.6 Å². The Hall–Kier alpha value is -2.93. The van der Waals surface area contributed by atoms with Crippen LogP contribution in [0.15, 0.2) is 53.7 Å². The molecule has 6 nitrogen and oxygen atoms in total. The van der Waals surface area contributed by atoms with Crippen LogP contribution in [0.1, 0.15) is 26.3 Å². The molecule has 3 aromatic rings. The molecule has 7 heteroatoms. The second-order valence-electron chi connectivity index (χ2n) is 6.34. The van der Waals surface area contributed by atoms with Crippen molar-refractivity contribution in [2.24, 2.45) is 7.05 Å². The highest BCUT2D eigenvalue weighted by Gasteiger charge is 2.34. The van der Waals surface area contributed by atoms with Crippen LogP contribution in [0.4, 0.5) is 0 Å². The summed E-state index contributed by atoms with van der Waals surface area (Å²) in [6.45, 7) is 2.38. The summed E-state index contributed by atoms with van der Waals surface area (Å²) in [4.78, 5) is 26.1. The molecule has 0 fully saturated rings. The number of aryl methyl sites for hydroxylation is 1. The third kappa shape index (κ3) is 3.04. The van der Waals surface area contributed by atoms with Crippen LogP contribution in [-0.4, -0.2) is 43.8 Å². The molecular weight excluding hydrogens is 360 g/mol. The van der Waals surface area contributed by atoms with E-state index in [1.807, 2.05) is 42.8 Å².